The van der Waals surface area contributed by atoms with Gasteiger partial charge >= 0.3 is 5.97 Å². The molecule has 4 rings (SSSR count). The van der Waals surface area contributed by atoms with E-state index in [1.165, 1.54) is 22.7 Å². The molecule has 0 radical (unpaired) electrons. The molecule has 1 fully saturated rings. The molecular weight excluding hydrogens is 398 g/mol. The van der Waals surface area contributed by atoms with Gasteiger partial charge in [0.2, 0.25) is 6.04 Å². The number of amides is 1. The number of carbonyl (C=O) groups is 3. The maximum absolute atomic E-state index is 12.7. The number of fused-ring (bicyclic) bond motifs is 1. The third-order valence-electron chi connectivity index (χ3n) is 4.94. The Labute approximate surface area is 171 Å². The van der Waals surface area contributed by atoms with Crippen molar-refractivity contribution < 1.29 is 19.1 Å². The Bertz CT molecular complexity index is 872. The second-order valence-corrected chi connectivity index (χ2v) is 8.46. The Balaban J connectivity index is 1.54. The van der Waals surface area contributed by atoms with Crippen LogP contribution < -0.4 is 5.01 Å². The number of hydrogen-bond donors (Lipinski definition) is 0. The van der Waals surface area contributed by atoms with Crippen molar-refractivity contribution in [2.75, 3.05) is 37.8 Å². The van der Waals surface area contributed by atoms with Gasteiger partial charge in [0.05, 0.1) is 11.5 Å². The normalized spacial score (nSPS) is 20.2. The molecule has 1 amide bonds. The van der Waals surface area contributed by atoms with Crippen LogP contribution in [0.2, 0.25) is 0 Å². The summed E-state index contributed by atoms with van der Waals surface area (Å²) in [5.74, 6) is -0.631. The van der Waals surface area contributed by atoms with E-state index in [2.05, 4.69) is 0 Å². The first-order valence-corrected chi connectivity index (χ1v) is 11.0. The van der Waals surface area contributed by atoms with Crippen molar-refractivity contribution in [2.45, 2.75) is 19.4 Å². The van der Waals surface area contributed by atoms with Crippen molar-refractivity contribution in [1.29, 1.82) is 0 Å². The van der Waals surface area contributed by atoms with Crippen LogP contribution in [-0.4, -0.2) is 66.4 Å². The first-order chi connectivity index (χ1) is 13.6. The molecule has 0 aromatic carbocycles. The average molecular weight is 420 g/mol. The van der Waals surface area contributed by atoms with E-state index in [1.807, 2.05) is 38.9 Å². The van der Waals surface area contributed by atoms with E-state index >= 15 is 0 Å². The maximum Gasteiger partial charge on any atom is 0.338 e. The van der Waals surface area contributed by atoms with E-state index in [0.29, 0.717) is 26.2 Å². The topological polar surface area (TPSA) is 70.2 Å². The third-order valence-corrected chi connectivity index (χ3v) is 6.74. The van der Waals surface area contributed by atoms with E-state index in [9.17, 15) is 14.4 Å². The van der Waals surface area contributed by atoms with Gasteiger partial charge in [-0.25, -0.2) is 9.80 Å². The molecule has 4 heterocycles. The zero-order chi connectivity index (χ0) is 19.7. The maximum atomic E-state index is 12.7. The smallest absolute Gasteiger partial charge is 0.338 e. The molecule has 0 bridgehead atoms. The molecule has 1 atom stereocenters. The van der Waals surface area contributed by atoms with Gasteiger partial charge in [-0.05, 0) is 35.4 Å². The highest BCUT2D eigenvalue weighted by Gasteiger charge is 2.43. The number of ether oxygens (including phenoxy) is 1. The number of ketones is 1. The van der Waals surface area contributed by atoms with Crippen LogP contribution >= 0.6 is 22.7 Å². The van der Waals surface area contributed by atoms with Crippen LogP contribution in [-0.2, 0) is 20.7 Å². The van der Waals surface area contributed by atoms with Crippen molar-refractivity contribution in [3.8, 4) is 0 Å². The predicted octanol–water partition coefficient (Wildman–Crippen LogP) is 2.05. The number of piperazine rings is 1. The van der Waals surface area contributed by atoms with Gasteiger partial charge in [-0.1, -0.05) is 6.07 Å². The number of carbonyl (C=O) groups excluding carboxylic acids is 3. The van der Waals surface area contributed by atoms with Crippen molar-refractivity contribution in [3.63, 3.8) is 0 Å². The molecule has 0 aliphatic carbocycles. The minimum absolute atomic E-state index is 0.0307. The lowest BCUT2D eigenvalue weighted by molar-refractivity contribution is -0.149. The molecule has 2 aliphatic rings. The lowest BCUT2D eigenvalue weighted by Gasteiger charge is -2.45. The second-order valence-electron chi connectivity index (χ2n) is 6.62. The first kappa shape index (κ1) is 19.1. The van der Waals surface area contributed by atoms with Crippen LogP contribution in [0.5, 0.6) is 0 Å². The van der Waals surface area contributed by atoms with Gasteiger partial charge < -0.3 is 9.64 Å². The molecule has 1 unspecified atom stereocenters. The fraction of sp³-hybridized carbons (Fsp3) is 0.421. The largest absolute Gasteiger partial charge is 0.464 e. The number of anilines is 1. The van der Waals surface area contributed by atoms with Gasteiger partial charge in [-0.15, -0.1) is 22.7 Å². The summed E-state index contributed by atoms with van der Waals surface area (Å²) < 4.78 is 5.19. The van der Waals surface area contributed by atoms with Gasteiger partial charge in [0.15, 0.2) is 5.78 Å². The number of hydrazine groups is 1. The zero-order valence-electron chi connectivity index (χ0n) is 15.5. The Morgan fingerprint density at radius 2 is 1.93 bits per heavy atom. The molecular formula is C19H21N3O4S2. The zero-order valence-corrected chi connectivity index (χ0v) is 17.1. The van der Waals surface area contributed by atoms with Gasteiger partial charge in [0.1, 0.15) is 5.00 Å². The minimum atomic E-state index is -0.953. The molecule has 1 saturated heterocycles. The molecule has 2 aromatic rings. The minimum Gasteiger partial charge on any atom is -0.464 e. The highest BCUT2D eigenvalue weighted by molar-refractivity contribution is 7.14. The van der Waals surface area contributed by atoms with Crippen LogP contribution in [0.1, 0.15) is 22.2 Å². The van der Waals surface area contributed by atoms with Crippen LogP contribution in [0.15, 0.2) is 29.0 Å². The molecule has 148 valence electrons. The summed E-state index contributed by atoms with van der Waals surface area (Å²) in [6.07, 6.45) is 0.246. The Kier molecular flexibility index (Phi) is 5.47. The summed E-state index contributed by atoms with van der Waals surface area (Å²) in [5, 5.41) is 8.55. The van der Waals surface area contributed by atoms with Gasteiger partial charge in [-0.3, -0.25) is 14.6 Å². The van der Waals surface area contributed by atoms with Gasteiger partial charge in [0.25, 0.3) is 5.91 Å². The van der Waals surface area contributed by atoms with Gasteiger partial charge in [0, 0.05) is 32.6 Å². The number of esters is 1. The number of Topliss-reactive ketones (excluding diaryl/α,β-unsaturated/α-hetero) is 1. The number of hydrogen-bond acceptors (Lipinski definition) is 8. The van der Waals surface area contributed by atoms with Crippen LogP contribution in [0, 0.1) is 0 Å². The Morgan fingerprint density at radius 3 is 2.61 bits per heavy atom. The average Bonchev–Trinajstić information content (AvgIpc) is 3.38. The lowest BCUT2D eigenvalue weighted by atomic mass is 10.0. The SMILES string of the molecule is CCOC(=O)C1C(=O)Cc2ccsc2N1N1CCN(C(=O)c2cccs2)CC1. The van der Waals surface area contributed by atoms with Crippen molar-refractivity contribution in [1.82, 2.24) is 9.91 Å². The van der Waals surface area contributed by atoms with Crippen LogP contribution in [0.25, 0.3) is 0 Å². The molecule has 2 aliphatic heterocycles. The highest BCUT2D eigenvalue weighted by atomic mass is 32.1. The number of nitrogens with zero attached hydrogens (tertiary/aromatic N) is 3. The van der Waals surface area contributed by atoms with E-state index in [0.717, 1.165) is 15.4 Å². The standard InChI is InChI=1S/C19H21N3O4S2/c1-2-26-19(25)16-14(23)12-13-5-11-28-18(13)22(16)21-8-6-20(7-9-21)17(24)15-4-3-10-27-15/h3-5,10-11,16H,2,6-9,12H2,1H3. The van der Waals surface area contributed by atoms with Crippen molar-refractivity contribution in [2.24, 2.45) is 0 Å². The molecule has 9 heteroatoms. The molecule has 0 saturated carbocycles. The fourth-order valence-corrected chi connectivity index (χ4v) is 5.29. The number of rotatable bonds is 4. The molecule has 0 N–H and O–H groups in total. The second kappa shape index (κ2) is 8.02. The summed E-state index contributed by atoms with van der Waals surface area (Å²) in [4.78, 5) is 40.4. The van der Waals surface area contributed by atoms with Crippen LogP contribution in [0.4, 0.5) is 5.00 Å². The number of thiophene rings is 2. The summed E-state index contributed by atoms with van der Waals surface area (Å²) >= 11 is 2.95. The monoisotopic (exact) mass is 419 g/mol. The lowest BCUT2D eigenvalue weighted by Crippen LogP contribution is -2.63. The first-order valence-electron chi connectivity index (χ1n) is 9.22. The molecule has 2 aromatic heterocycles. The summed E-state index contributed by atoms with van der Waals surface area (Å²) in [6, 6.07) is 4.68. The summed E-state index contributed by atoms with van der Waals surface area (Å²) in [5.41, 5.74) is 0.938. The quantitative estimate of drug-likeness (QED) is 0.558. The Morgan fingerprint density at radius 1 is 1.14 bits per heavy atom. The molecule has 28 heavy (non-hydrogen) atoms. The van der Waals surface area contributed by atoms with Crippen LogP contribution in [0.3, 0.4) is 0 Å². The Hall–Kier alpha value is -2.23. The fourth-order valence-electron chi connectivity index (χ4n) is 3.62. The molecule has 7 nitrogen and oxygen atoms in total. The van der Waals surface area contributed by atoms with Crippen molar-refractivity contribution in [3.05, 3.63) is 39.4 Å². The van der Waals surface area contributed by atoms with Gasteiger partial charge in [-0.2, -0.15) is 0 Å². The van der Waals surface area contributed by atoms with E-state index in [-0.39, 0.29) is 24.7 Å². The summed E-state index contributed by atoms with van der Waals surface area (Å²) in [7, 11) is 0. The predicted molar refractivity (Wildman–Crippen MR) is 108 cm³/mol. The van der Waals surface area contributed by atoms with E-state index in [4.69, 9.17) is 4.74 Å². The summed E-state index contributed by atoms with van der Waals surface area (Å²) in [6.45, 7) is 4.16. The van der Waals surface area contributed by atoms with E-state index < -0.39 is 12.0 Å². The van der Waals surface area contributed by atoms with E-state index in [1.54, 1.807) is 11.9 Å². The van der Waals surface area contributed by atoms with Crippen molar-refractivity contribution >= 4 is 45.3 Å². The molecule has 0 spiro atoms. The third kappa shape index (κ3) is 3.45. The highest BCUT2D eigenvalue weighted by Crippen LogP contribution is 2.36.